The van der Waals surface area contributed by atoms with E-state index in [2.05, 4.69) is 9.47 Å². The lowest BCUT2D eigenvalue weighted by molar-refractivity contribution is -0.142. The monoisotopic (exact) mass is 266 g/mol. The molecule has 17 heavy (non-hydrogen) atoms. The fraction of sp³-hybridized carbons (Fsp3) is 0.800. The number of esters is 2. The summed E-state index contributed by atoms with van der Waals surface area (Å²) in [5, 5.41) is -1.30. The molecule has 0 aromatic carbocycles. The highest BCUT2D eigenvalue weighted by Crippen LogP contribution is 2.10. The van der Waals surface area contributed by atoms with Crippen LogP contribution in [0.5, 0.6) is 0 Å². The van der Waals surface area contributed by atoms with Crippen LogP contribution in [-0.2, 0) is 28.9 Å². The van der Waals surface area contributed by atoms with Crippen molar-refractivity contribution in [1.29, 1.82) is 0 Å². The number of hydrogen-bond donors (Lipinski definition) is 0. The van der Waals surface area contributed by atoms with Crippen LogP contribution in [0.1, 0.15) is 27.2 Å². The number of carbonyl (C=O) groups excluding carboxylic acids is 2. The maximum absolute atomic E-state index is 11.8. The van der Waals surface area contributed by atoms with E-state index in [0.717, 1.165) is 0 Å². The first kappa shape index (κ1) is 15.9. The van der Waals surface area contributed by atoms with Crippen LogP contribution in [0, 0.1) is 0 Å². The van der Waals surface area contributed by atoms with E-state index in [1.807, 2.05) is 0 Å². The molecular formula is C10H18O6S. The van der Waals surface area contributed by atoms with Crippen molar-refractivity contribution in [3.05, 3.63) is 0 Å². The summed E-state index contributed by atoms with van der Waals surface area (Å²) >= 11 is 0. The average molecular weight is 266 g/mol. The zero-order valence-corrected chi connectivity index (χ0v) is 11.1. The van der Waals surface area contributed by atoms with Crippen molar-refractivity contribution in [3.63, 3.8) is 0 Å². The van der Waals surface area contributed by atoms with Gasteiger partial charge in [0.25, 0.3) is 0 Å². The number of sulfone groups is 1. The molecule has 0 aliphatic heterocycles. The molecule has 0 spiro atoms. The average Bonchev–Trinajstić information content (AvgIpc) is 2.17. The summed E-state index contributed by atoms with van der Waals surface area (Å²) in [6, 6.07) is 0. The van der Waals surface area contributed by atoms with Gasteiger partial charge in [0.1, 0.15) is 5.75 Å². The van der Waals surface area contributed by atoms with E-state index in [1.54, 1.807) is 20.8 Å². The molecule has 0 saturated heterocycles. The van der Waals surface area contributed by atoms with Crippen molar-refractivity contribution in [3.8, 4) is 0 Å². The number of hydrogen-bond acceptors (Lipinski definition) is 6. The minimum atomic E-state index is -3.86. The van der Waals surface area contributed by atoms with Gasteiger partial charge in [0.15, 0.2) is 15.1 Å². The molecule has 100 valence electrons. The highest BCUT2D eigenvalue weighted by Gasteiger charge is 2.34. The molecule has 0 saturated carbocycles. The number of ether oxygens (including phenoxy) is 2. The smallest absolute Gasteiger partial charge is 0.324 e. The summed E-state index contributed by atoms with van der Waals surface area (Å²) in [5.41, 5.74) is 0. The van der Waals surface area contributed by atoms with E-state index >= 15 is 0 Å². The largest absolute Gasteiger partial charge is 0.465 e. The lowest BCUT2D eigenvalue weighted by Gasteiger charge is -2.13. The van der Waals surface area contributed by atoms with Crippen LogP contribution in [0.15, 0.2) is 0 Å². The molecule has 0 N–H and O–H groups in total. The predicted octanol–water partition coefficient (Wildman–Crippen LogP) is 0.306. The Morgan fingerprint density at radius 1 is 1.06 bits per heavy atom. The molecule has 0 aromatic rings. The normalized spacial score (nSPS) is 12.9. The van der Waals surface area contributed by atoms with Gasteiger partial charge in [-0.3, -0.25) is 9.59 Å². The maximum Gasteiger partial charge on any atom is 0.324 e. The Morgan fingerprint density at radius 2 is 1.59 bits per heavy atom. The van der Waals surface area contributed by atoms with Gasteiger partial charge in [-0.05, 0) is 20.3 Å². The Morgan fingerprint density at radius 3 is 2.00 bits per heavy atom. The van der Waals surface area contributed by atoms with E-state index in [4.69, 9.17) is 0 Å². The van der Waals surface area contributed by atoms with Crippen molar-refractivity contribution in [2.75, 3.05) is 19.0 Å². The highest BCUT2D eigenvalue weighted by molar-refractivity contribution is 7.93. The van der Waals surface area contributed by atoms with Crippen molar-refractivity contribution in [2.45, 2.75) is 32.4 Å². The fourth-order valence-electron chi connectivity index (χ4n) is 1.27. The van der Waals surface area contributed by atoms with Gasteiger partial charge in [-0.25, -0.2) is 8.42 Å². The van der Waals surface area contributed by atoms with Crippen molar-refractivity contribution >= 4 is 21.8 Å². The van der Waals surface area contributed by atoms with Gasteiger partial charge in [-0.15, -0.1) is 0 Å². The van der Waals surface area contributed by atoms with Gasteiger partial charge in [0.05, 0.1) is 13.2 Å². The molecule has 0 rings (SSSR count). The SMILES string of the molecule is CCOC(=O)CS(=O)(=O)C(CC)C(=O)OCC. The Labute approximate surface area is 101 Å². The van der Waals surface area contributed by atoms with Gasteiger partial charge in [0.2, 0.25) is 0 Å². The molecule has 0 heterocycles. The third-order valence-electron chi connectivity index (χ3n) is 1.98. The van der Waals surface area contributed by atoms with Gasteiger partial charge in [0, 0.05) is 0 Å². The molecule has 0 amide bonds. The van der Waals surface area contributed by atoms with E-state index in [0.29, 0.717) is 0 Å². The topological polar surface area (TPSA) is 86.7 Å². The van der Waals surface area contributed by atoms with Gasteiger partial charge in [-0.2, -0.15) is 0 Å². The summed E-state index contributed by atoms with van der Waals surface area (Å²) in [6.07, 6.45) is 0.0700. The first-order chi connectivity index (χ1) is 7.88. The van der Waals surface area contributed by atoms with E-state index in [1.165, 1.54) is 0 Å². The van der Waals surface area contributed by atoms with E-state index in [9.17, 15) is 18.0 Å². The molecule has 0 aromatic heterocycles. The standard InChI is InChI=1S/C10H18O6S/c1-4-8(10(12)16-6-3)17(13,14)7-9(11)15-5-2/h8H,4-7H2,1-3H3. The summed E-state index contributed by atoms with van der Waals surface area (Å²) in [5.74, 6) is -2.47. The third-order valence-corrected chi connectivity index (χ3v) is 4.01. The first-order valence-electron chi connectivity index (χ1n) is 5.42. The van der Waals surface area contributed by atoms with Crippen LogP contribution >= 0.6 is 0 Å². The van der Waals surface area contributed by atoms with Crippen molar-refractivity contribution < 1.29 is 27.5 Å². The second-order valence-electron chi connectivity index (χ2n) is 3.26. The maximum atomic E-state index is 11.8. The van der Waals surface area contributed by atoms with Crippen LogP contribution < -0.4 is 0 Å². The molecule has 1 unspecified atom stereocenters. The summed E-state index contributed by atoms with van der Waals surface area (Å²) < 4.78 is 32.7. The second-order valence-corrected chi connectivity index (χ2v) is 5.44. The van der Waals surface area contributed by atoms with E-state index in [-0.39, 0.29) is 19.6 Å². The lowest BCUT2D eigenvalue weighted by atomic mass is 10.3. The molecule has 6 nitrogen and oxygen atoms in total. The molecule has 0 aliphatic rings. The first-order valence-corrected chi connectivity index (χ1v) is 7.14. The molecular weight excluding hydrogens is 248 g/mol. The van der Waals surface area contributed by atoms with Crippen LogP contribution in [0.2, 0.25) is 0 Å². The third kappa shape index (κ3) is 5.16. The minimum absolute atomic E-state index is 0.0700. The summed E-state index contributed by atoms with van der Waals surface area (Å²) in [7, 11) is -3.86. The zero-order chi connectivity index (χ0) is 13.5. The molecule has 0 bridgehead atoms. The minimum Gasteiger partial charge on any atom is -0.465 e. The van der Waals surface area contributed by atoms with Crippen LogP contribution in [0.4, 0.5) is 0 Å². The quantitative estimate of drug-likeness (QED) is 0.616. The van der Waals surface area contributed by atoms with Gasteiger partial charge >= 0.3 is 11.9 Å². The molecule has 1 atom stereocenters. The fourth-order valence-corrected chi connectivity index (χ4v) is 2.75. The number of rotatable bonds is 7. The predicted molar refractivity (Wildman–Crippen MR) is 61.1 cm³/mol. The Kier molecular flexibility index (Phi) is 6.79. The second kappa shape index (κ2) is 7.26. The van der Waals surface area contributed by atoms with Crippen LogP contribution in [0.3, 0.4) is 0 Å². The van der Waals surface area contributed by atoms with Crippen LogP contribution in [-0.4, -0.2) is 44.6 Å². The molecule has 0 fully saturated rings. The summed E-state index contributed by atoms with van der Waals surface area (Å²) in [6.45, 7) is 4.91. The Hall–Kier alpha value is -1.11. The van der Waals surface area contributed by atoms with Crippen molar-refractivity contribution in [1.82, 2.24) is 0 Å². The van der Waals surface area contributed by atoms with Gasteiger partial charge < -0.3 is 9.47 Å². The molecule has 0 radical (unpaired) electrons. The van der Waals surface area contributed by atoms with E-state index < -0.39 is 32.8 Å². The molecule has 0 aliphatic carbocycles. The van der Waals surface area contributed by atoms with Crippen LogP contribution in [0.25, 0.3) is 0 Å². The van der Waals surface area contributed by atoms with Gasteiger partial charge in [-0.1, -0.05) is 6.92 Å². The Bertz CT molecular complexity index is 359. The molecule has 7 heteroatoms. The lowest BCUT2D eigenvalue weighted by Crippen LogP contribution is -2.35. The zero-order valence-electron chi connectivity index (χ0n) is 10.3. The highest BCUT2D eigenvalue weighted by atomic mass is 32.2. The summed E-state index contributed by atoms with van der Waals surface area (Å²) in [4.78, 5) is 22.5. The Balaban J connectivity index is 4.75. The van der Waals surface area contributed by atoms with Crippen molar-refractivity contribution in [2.24, 2.45) is 0 Å². The number of carbonyl (C=O) groups is 2.